The third-order valence-corrected chi connectivity index (χ3v) is 5.35. The van der Waals surface area contributed by atoms with E-state index in [0.717, 1.165) is 13.1 Å². The number of hydrogen-bond donors (Lipinski definition) is 0. The predicted octanol–water partition coefficient (Wildman–Crippen LogP) is 3.56. The van der Waals surface area contributed by atoms with Crippen LogP contribution < -0.4 is 0 Å². The maximum atomic E-state index is 2.31. The van der Waals surface area contributed by atoms with Gasteiger partial charge in [0.2, 0.25) is 0 Å². The van der Waals surface area contributed by atoms with Crippen LogP contribution in [0.4, 0.5) is 0 Å². The first-order valence-corrected chi connectivity index (χ1v) is 8.51. The molecule has 0 fully saturated rings. The highest BCUT2D eigenvalue weighted by Gasteiger charge is 2.41. The van der Waals surface area contributed by atoms with Crippen LogP contribution in [0.25, 0.3) is 0 Å². The highest BCUT2D eigenvalue weighted by atomic mass is 32.2. The Morgan fingerprint density at radius 3 is 1.55 bits per heavy atom. The maximum absolute atomic E-state index is 2.31. The second-order valence-electron chi connectivity index (χ2n) is 6.65. The zero-order valence-corrected chi connectivity index (χ0v) is 14.7. The summed E-state index contributed by atoms with van der Waals surface area (Å²) in [5.74, 6) is 0. The molecule has 1 aliphatic rings. The second-order valence-corrected chi connectivity index (χ2v) is 7.74. The quantitative estimate of drug-likeness (QED) is 0.852. The molecule has 0 saturated carbocycles. The van der Waals surface area contributed by atoms with Crippen LogP contribution in [-0.2, 0) is 5.41 Å². The fourth-order valence-electron chi connectivity index (χ4n) is 3.64. The molecule has 2 aromatic rings. The van der Waals surface area contributed by atoms with Gasteiger partial charge in [0.05, 0.1) is 0 Å². The van der Waals surface area contributed by atoms with Gasteiger partial charge in [-0.15, -0.1) is 0 Å². The summed E-state index contributed by atoms with van der Waals surface area (Å²) in [6, 6.07) is 17.8. The summed E-state index contributed by atoms with van der Waals surface area (Å²) in [5.41, 5.74) is 2.94. The summed E-state index contributed by atoms with van der Waals surface area (Å²) >= 11 is 1.90. The third-order valence-electron chi connectivity index (χ3n) is 4.20. The standard InChI is InChI=1S/C19H24N2S/c1-20(2)13-19(14-21(3)4)15-9-5-7-11-17(15)22-18-12-8-6-10-16(18)19/h5-12H,13-14H2,1-4H3. The molecule has 116 valence electrons. The fourth-order valence-corrected chi connectivity index (χ4v) is 4.91. The number of benzene rings is 2. The van der Waals surface area contributed by atoms with Crippen LogP contribution in [0.1, 0.15) is 11.1 Å². The first-order valence-electron chi connectivity index (χ1n) is 7.69. The minimum Gasteiger partial charge on any atom is -0.308 e. The highest BCUT2D eigenvalue weighted by Crippen LogP contribution is 2.49. The Morgan fingerprint density at radius 1 is 0.727 bits per heavy atom. The number of likely N-dealkylation sites (N-methyl/N-ethyl adjacent to an activating group) is 2. The second kappa shape index (κ2) is 6.07. The summed E-state index contributed by atoms with van der Waals surface area (Å²) in [4.78, 5) is 7.41. The molecule has 0 unspecified atom stereocenters. The lowest BCUT2D eigenvalue weighted by Crippen LogP contribution is -2.47. The van der Waals surface area contributed by atoms with Gasteiger partial charge in [0.25, 0.3) is 0 Å². The molecule has 0 bridgehead atoms. The van der Waals surface area contributed by atoms with Gasteiger partial charge in [-0.3, -0.25) is 0 Å². The van der Waals surface area contributed by atoms with E-state index in [4.69, 9.17) is 0 Å². The molecule has 0 saturated heterocycles. The lowest BCUT2D eigenvalue weighted by Gasteiger charge is -2.43. The zero-order valence-electron chi connectivity index (χ0n) is 13.8. The lowest BCUT2D eigenvalue weighted by molar-refractivity contribution is 0.244. The van der Waals surface area contributed by atoms with Crippen molar-refractivity contribution in [1.29, 1.82) is 0 Å². The summed E-state index contributed by atoms with van der Waals surface area (Å²) in [6.07, 6.45) is 0. The molecular weight excluding hydrogens is 288 g/mol. The molecular formula is C19H24N2S. The number of nitrogens with zero attached hydrogens (tertiary/aromatic N) is 2. The van der Waals surface area contributed by atoms with Gasteiger partial charge in [0.15, 0.2) is 0 Å². The van der Waals surface area contributed by atoms with Gasteiger partial charge in [-0.1, -0.05) is 48.2 Å². The number of rotatable bonds is 4. The minimum absolute atomic E-state index is 0.0193. The van der Waals surface area contributed by atoms with E-state index in [0.29, 0.717) is 0 Å². The van der Waals surface area contributed by atoms with Gasteiger partial charge >= 0.3 is 0 Å². The SMILES string of the molecule is CN(C)CC1(CN(C)C)c2ccccc2Sc2ccccc21. The van der Waals surface area contributed by atoms with Crippen LogP contribution >= 0.6 is 11.8 Å². The minimum atomic E-state index is 0.0193. The van der Waals surface area contributed by atoms with Crippen molar-refractivity contribution >= 4 is 11.8 Å². The molecule has 1 aliphatic heterocycles. The summed E-state index contributed by atoms with van der Waals surface area (Å²) in [6.45, 7) is 2.03. The first kappa shape index (κ1) is 15.6. The van der Waals surface area contributed by atoms with Crippen molar-refractivity contribution in [3.63, 3.8) is 0 Å². The van der Waals surface area contributed by atoms with Gasteiger partial charge in [-0.25, -0.2) is 0 Å². The van der Waals surface area contributed by atoms with Crippen LogP contribution in [0.2, 0.25) is 0 Å². The van der Waals surface area contributed by atoms with E-state index in [1.165, 1.54) is 20.9 Å². The monoisotopic (exact) mass is 312 g/mol. The van der Waals surface area contributed by atoms with Gasteiger partial charge in [0, 0.05) is 28.3 Å². The van der Waals surface area contributed by atoms with E-state index in [2.05, 4.69) is 86.5 Å². The van der Waals surface area contributed by atoms with Crippen LogP contribution in [0.3, 0.4) is 0 Å². The Hall–Kier alpha value is -1.29. The molecule has 0 radical (unpaired) electrons. The van der Waals surface area contributed by atoms with E-state index in [1.807, 2.05) is 11.8 Å². The molecule has 3 heteroatoms. The molecule has 0 atom stereocenters. The Balaban J connectivity index is 2.25. The lowest BCUT2D eigenvalue weighted by atomic mass is 9.73. The van der Waals surface area contributed by atoms with Crippen molar-refractivity contribution in [3.05, 3.63) is 59.7 Å². The Morgan fingerprint density at radius 2 is 1.14 bits per heavy atom. The smallest absolute Gasteiger partial charge is 0.0478 e. The van der Waals surface area contributed by atoms with Crippen molar-refractivity contribution in [2.45, 2.75) is 15.2 Å². The summed E-state index contributed by atoms with van der Waals surface area (Å²) < 4.78 is 0. The van der Waals surface area contributed by atoms with Gasteiger partial charge in [-0.2, -0.15) is 0 Å². The Bertz CT molecular complexity index is 606. The summed E-state index contributed by atoms with van der Waals surface area (Å²) in [5, 5.41) is 0. The molecule has 2 nitrogen and oxygen atoms in total. The molecule has 0 amide bonds. The number of fused-ring (bicyclic) bond motifs is 2. The summed E-state index contributed by atoms with van der Waals surface area (Å²) in [7, 11) is 8.68. The molecule has 1 heterocycles. The zero-order chi connectivity index (χ0) is 15.7. The molecule has 0 aliphatic carbocycles. The van der Waals surface area contributed by atoms with Gasteiger partial charge < -0.3 is 9.80 Å². The topological polar surface area (TPSA) is 6.48 Å². The van der Waals surface area contributed by atoms with Crippen molar-refractivity contribution in [2.75, 3.05) is 41.3 Å². The fraction of sp³-hybridized carbons (Fsp3) is 0.368. The Kier molecular flexibility index (Phi) is 4.31. The molecule has 0 spiro atoms. The van der Waals surface area contributed by atoms with Crippen LogP contribution in [0.5, 0.6) is 0 Å². The van der Waals surface area contributed by atoms with E-state index in [1.54, 1.807) is 0 Å². The largest absolute Gasteiger partial charge is 0.308 e. The predicted molar refractivity (Wildman–Crippen MR) is 94.9 cm³/mol. The van der Waals surface area contributed by atoms with E-state index >= 15 is 0 Å². The highest BCUT2D eigenvalue weighted by molar-refractivity contribution is 7.99. The molecule has 0 N–H and O–H groups in total. The van der Waals surface area contributed by atoms with Crippen LogP contribution in [0.15, 0.2) is 58.3 Å². The molecule has 0 aromatic heterocycles. The van der Waals surface area contributed by atoms with E-state index in [9.17, 15) is 0 Å². The van der Waals surface area contributed by atoms with Crippen molar-refractivity contribution in [1.82, 2.24) is 9.80 Å². The third kappa shape index (κ3) is 2.69. The normalized spacial score (nSPS) is 15.7. The Labute approximate surface area is 138 Å². The average Bonchev–Trinajstić information content (AvgIpc) is 2.46. The van der Waals surface area contributed by atoms with Gasteiger partial charge in [-0.05, 0) is 51.5 Å². The molecule has 3 rings (SSSR count). The maximum Gasteiger partial charge on any atom is 0.0478 e. The molecule has 2 aromatic carbocycles. The van der Waals surface area contributed by atoms with E-state index < -0.39 is 0 Å². The van der Waals surface area contributed by atoms with Crippen LogP contribution in [-0.4, -0.2) is 51.1 Å². The van der Waals surface area contributed by atoms with Crippen molar-refractivity contribution in [3.8, 4) is 0 Å². The van der Waals surface area contributed by atoms with E-state index in [-0.39, 0.29) is 5.41 Å². The molecule has 22 heavy (non-hydrogen) atoms. The first-order chi connectivity index (χ1) is 10.5. The van der Waals surface area contributed by atoms with Crippen molar-refractivity contribution in [2.24, 2.45) is 0 Å². The number of hydrogen-bond acceptors (Lipinski definition) is 3. The van der Waals surface area contributed by atoms with Crippen molar-refractivity contribution < 1.29 is 0 Å². The van der Waals surface area contributed by atoms with Crippen LogP contribution in [0, 0.1) is 0 Å². The van der Waals surface area contributed by atoms with Gasteiger partial charge in [0.1, 0.15) is 0 Å². The average molecular weight is 312 g/mol.